The number of piperidine rings is 1. The summed E-state index contributed by atoms with van der Waals surface area (Å²) in [5, 5.41) is 12.5. The summed E-state index contributed by atoms with van der Waals surface area (Å²) in [5.41, 5.74) is 4.36. The van der Waals surface area contributed by atoms with Crippen molar-refractivity contribution in [3.8, 4) is 22.8 Å². The van der Waals surface area contributed by atoms with E-state index in [-0.39, 0.29) is 35.4 Å². The van der Waals surface area contributed by atoms with Crippen molar-refractivity contribution in [2.75, 3.05) is 38.1 Å². The van der Waals surface area contributed by atoms with Crippen LogP contribution in [0.15, 0.2) is 109 Å². The van der Waals surface area contributed by atoms with E-state index in [1.54, 1.807) is 44.2 Å². The molecule has 5 heterocycles. The lowest BCUT2D eigenvalue weighted by Gasteiger charge is -2.44. The van der Waals surface area contributed by atoms with E-state index in [1.165, 1.54) is 11.1 Å². The van der Waals surface area contributed by atoms with E-state index in [4.69, 9.17) is 19.2 Å². The minimum atomic E-state index is -3.74. The van der Waals surface area contributed by atoms with Gasteiger partial charge in [-0.25, -0.2) is 18.1 Å². The van der Waals surface area contributed by atoms with Crippen LogP contribution in [-0.2, 0) is 14.8 Å². The van der Waals surface area contributed by atoms with Gasteiger partial charge in [0.2, 0.25) is 21.6 Å². The molecule has 2 saturated heterocycles. The van der Waals surface area contributed by atoms with Gasteiger partial charge in [0.1, 0.15) is 30.1 Å². The lowest BCUT2D eigenvalue weighted by Crippen LogP contribution is -2.55. The van der Waals surface area contributed by atoms with E-state index in [1.807, 2.05) is 52.1 Å². The van der Waals surface area contributed by atoms with Crippen LogP contribution >= 0.6 is 0 Å². The number of nitrogens with zero attached hydrogens (tertiary/aromatic N) is 8. The summed E-state index contributed by atoms with van der Waals surface area (Å²) in [6.45, 7) is 10.5. The minimum absolute atomic E-state index is 0.0270. The van der Waals surface area contributed by atoms with Crippen molar-refractivity contribution in [3.05, 3.63) is 115 Å². The van der Waals surface area contributed by atoms with Gasteiger partial charge in [-0.2, -0.15) is 18.9 Å². The molecule has 14 nitrogen and oxygen atoms in total. The average Bonchev–Trinajstić information content (AvgIpc) is 3.86. The van der Waals surface area contributed by atoms with Crippen LogP contribution in [0.4, 0.5) is 5.95 Å². The number of anilines is 1. The van der Waals surface area contributed by atoms with Gasteiger partial charge in [0.05, 0.1) is 23.2 Å². The van der Waals surface area contributed by atoms with Crippen LogP contribution in [0, 0.1) is 0 Å². The number of hydrogen-bond donors (Lipinski definition) is 1. The standard InChI is InChI=1S/C42H49N9O5S/c1-5-54-30(4)50-25-33(24-44-50)38-40(55-29(2)3)41-46-42(47-51(41)28-43-38)45-34-19-21-49(22-20-34)57(52,53)37-18-12-17-35(23-37)56-36-26-48(27-36)39(31-13-8-6-9-14-31)32-15-10-7-11-16-32/h6-18,23-25,28-30,34,36,39H,5,19-22,26-27H2,1-4H3,(H,45,47). The fraction of sp³-hybridized carbons (Fsp3) is 0.381. The molecule has 3 aromatic heterocycles. The summed E-state index contributed by atoms with van der Waals surface area (Å²) < 4.78 is 50.9. The SMILES string of the molecule is CCOC(C)n1cc(-c2ncn3nc(NC4CCN(S(=O)(=O)c5cccc(OC6CN(C(c7ccccc7)c7ccccc7)C6)c5)CC4)nc3c2OC(C)C)cn1. The van der Waals surface area contributed by atoms with Crippen LogP contribution in [-0.4, -0.2) is 98.0 Å². The Hall–Kier alpha value is -5.35. The Morgan fingerprint density at radius 3 is 2.28 bits per heavy atom. The quantitative estimate of drug-likeness (QED) is 0.123. The summed E-state index contributed by atoms with van der Waals surface area (Å²) in [6, 6.07) is 27.9. The molecule has 3 aromatic carbocycles. The summed E-state index contributed by atoms with van der Waals surface area (Å²) in [6.07, 6.45) is 5.99. The maximum absolute atomic E-state index is 13.9. The highest BCUT2D eigenvalue weighted by atomic mass is 32.2. The largest absolute Gasteiger partial charge is 0.488 e. The maximum Gasteiger partial charge on any atom is 0.243 e. The van der Waals surface area contributed by atoms with Gasteiger partial charge in [-0.05, 0) is 63.8 Å². The van der Waals surface area contributed by atoms with Gasteiger partial charge >= 0.3 is 0 Å². The Balaban J connectivity index is 0.895. The Labute approximate surface area is 333 Å². The Bertz CT molecular complexity index is 2340. The fourth-order valence-electron chi connectivity index (χ4n) is 7.54. The van der Waals surface area contributed by atoms with Crippen molar-refractivity contribution in [3.63, 3.8) is 0 Å². The van der Waals surface area contributed by atoms with Crippen molar-refractivity contribution in [1.82, 2.24) is 38.6 Å². The van der Waals surface area contributed by atoms with Crippen LogP contribution in [0.5, 0.6) is 11.5 Å². The van der Waals surface area contributed by atoms with Crippen molar-refractivity contribution in [2.45, 2.75) is 76.0 Å². The third-order valence-electron chi connectivity index (χ3n) is 10.4. The molecular formula is C42H49N9O5S. The van der Waals surface area contributed by atoms with Crippen molar-refractivity contribution >= 4 is 21.6 Å². The molecule has 2 fully saturated rings. The number of nitrogens with one attached hydrogen (secondary N) is 1. The topological polar surface area (TPSA) is 141 Å². The van der Waals surface area contributed by atoms with Crippen LogP contribution in [0.3, 0.4) is 0 Å². The molecule has 0 saturated carbocycles. The Morgan fingerprint density at radius 1 is 0.912 bits per heavy atom. The first-order valence-corrected chi connectivity index (χ1v) is 21.1. The van der Waals surface area contributed by atoms with E-state index in [0.717, 1.165) is 18.7 Å². The molecule has 0 aliphatic carbocycles. The summed E-state index contributed by atoms with van der Waals surface area (Å²) in [4.78, 5) is 12.1. The third-order valence-corrected chi connectivity index (χ3v) is 12.3. The molecule has 1 unspecified atom stereocenters. The van der Waals surface area contributed by atoms with Crippen LogP contribution in [0.25, 0.3) is 16.9 Å². The summed E-state index contributed by atoms with van der Waals surface area (Å²) in [7, 11) is -3.74. The highest BCUT2D eigenvalue weighted by Crippen LogP contribution is 2.35. The number of fused-ring (bicyclic) bond motifs is 1. The number of hydrogen-bond acceptors (Lipinski definition) is 11. The van der Waals surface area contributed by atoms with Gasteiger partial charge in [-0.1, -0.05) is 66.7 Å². The van der Waals surface area contributed by atoms with Gasteiger partial charge in [0, 0.05) is 56.7 Å². The molecule has 0 radical (unpaired) electrons. The van der Waals surface area contributed by atoms with Gasteiger partial charge in [0.25, 0.3) is 0 Å². The molecule has 1 atom stereocenters. The molecule has 0 bridgehead atoms. The summed E-state index contributed by atoms with van der Waals surface area (Å²) >= 11 is 0. The second kappa shape index (κ2) is 16.6. The smallest absolute Gasteiger partial charge is 0.243 e. The second-order valence-corrected chi connectivity index (χ2v) is 16.7. The van der Waals surface area contributed by atoms with E-state index < -0.39 is 10.0 Å². The lowest BCUT2D eigenvalue weighted by molar-refractivity contribution is 0.000162. The van der Waals surface area contributed by atoms with Crippen molar-refractivity contribution in [1.29, 1.82) is 0 Å². The number of sulfonamides is 1. The highest BCUT2D eigenvalue weighted by molar-refractivity contribution is 7.89. The molecule has 2 aliphatic rings. The fourth-order valence-corrected chi connectivity index (χ4v) is 9.04. The first-order valence-electron chi connectivity index (χ1n) is 19.6. The number of rotatable bonds is 15. The van der Waals surface area contributed by atoms with Gasteiger partial charge < -0.3 is 19.5 Å². The van der Waals surface area contributed by atoms with Crippen LogP contribution in [0.1, 0.15) is 63.9 Å². The molecular weight excluding hydrogens is 743 g/mol. The summed E-state index contributed by atoms with van der Waals surface area (Å²) in [5.74, 6) is 1.48. The number of likely N-dealkylation sites (tertiary alicyclic amines) is 1. The molecule has 15 heteroatoms. The number of aromatic nitrogens is 6. The first-order chi connectivity index (χ1) is 27.7. The third kappa shape index (κ3) is 8.37. The zero-order valence-corrected chi connectivity index (χ0v) is 33.5. The molecule has 6 aromatic rings. The lowest BCUT2D eigenvalue weighted by atomic mass is 9.94. The van der Waals surface area contributed by atoms with Crippen LogP contribution in [0.2, 0.25) is 0 Å². The van der Waals surface area contributed by atoms with Gasteiger partial charge in [0.15, 0.2) is 5.75 Å². The molecule has 1 N–H and O–H groups in total. The molecule has 0 amide bonds. The van der Waals surface area contributed by atoms with E-state index in [0.29, 0.717) is 61.3 Å². The zero-order chi connectivity index (χ0) is 39.5. The van der Waals surface area contributed by atoms with E-state index in [9.17, 15) is 8.42 Å². The molecule has 57 heavy (non-hydrogen) atoms. The van der Waals surface area contributed by atoms with E-state index >= 15 is 0 Å². The number of benzene rings is 3. The van der Waals surface area contributed by atoms with E-state index in [2.05, 4.69) is 73.9 Å². The highest BCUT2D eigenvalue weighted by Gasteiger charge is 2.36. The van der Waals surface area contributed by atoms with Gasteiger partial charge in [-0.15, -0.1) is 5.10 Å². The van der Waals surface area contributed by atoms with Gasteiger partial charge in [-0.3, -0.25) is 4.90 Å². The maximum atomic E-state index is 13.9. The molecule has 8 rings (SSSR count). The van der Waals surface area contributed by atoms with Crippen molar-refractivity contribution < 1.29 is 22.6 Å². The molecule has 298 valence electrons. The minimum Gasteiger partial charge on any atom is -0.488 e. The number of ether oxygens (including phenoxy) is 3. The second-order valence-electron chi connectivity index (χ2n) is 14.8. The monoisotopic (exact) mass is 791 g/mol. The predicted octanol–water partition coefficient (Wildman–Crippen LogP) is 6.45. The first kappa shape index (κ1) is 38.5. The molecule has 2 aliphatic heterocycles. The molecule has 0 spiro atoms. The predicted molar refractivity (Wildman–Crippen MR) is 217 cm³/mol. The van der Waals surface area contributed by atoms with Crippen LogP contribution < -0.4 is 14.8 Å². The Morgan fingerprint density at radius 2 is 1.61 bits per heavy atom. The van der Waals surface area contributed by atoms with Crippen molar-refractivity contribution in [2.24, 2.45) is 0 Å². The average molecular weight is 792 g/mol. The normalized spacial score (nSPS) is 16.6. The zero-order valence-electron chi connectivity index (χ0n) is 32.7. The Kier molecular flexibility index (Phi) is 11.2.